The SMILES string of the molecule is C#CCOCCOCCOCCOCCC(=O)NCC(C)(C)CNC(=O)OC(C)(C)C. The molecule has 31 heavy (non-hydrogen) atoms. The van der Waals surface area contributed by atoms with Crippen molar-refractivity contribution in [3.8, 4) is 12.3 Å². The number of alkyl carbamates (subject to hydrolysis) is 1. The number of nitrogens with one attached hydrogen (secondary N) is 2. The number of terminal acetylenes is 1. The van der Waals surface area contributed by atoms with Gasteiger partial charge in [-0.2, -0.15) is 0 Å². The third-order valence-electron chi connectivity index (χ3n) is 3.65. The molecule has 0 aromatic heterocycles. The Morgan fingerprint density at radius 3 is 1.77 bits per heavy atom. The molecule has 0 aromatic rings. The molecule has 2 N–H and O–H groups in total. The van der Waals surface area contributed by atoms with Crippen LogP contribution < -0.4 is 10.6 Å². The molecular weight excluding hydrogens is 404 g/mol. The molecule has 0 heterocycles. The lowest BCUT2D eigenvalue weighted by Crippen LogP contribution is -2.43. The van der Waals surface area contributed by atoms with Crippen molar-refractivity contribution in [2.75, 3.05) is 65.9 Å². The van der Waals surface area contributed by atoms with E-state index in [0.29, 0.717) is 59.3 Å². The van der Waals surface area contributed by atoms with E-state index in [4.69, 9.17) is 30.1 Å². The number of rotatable bonds is 17. The molecule has 0 spiro atoms. The van der Waals surface area contributed by atoms with E-state index >= 15 is 0 Å². The van der Waals surface area contributed by atoms with E-state index in [2.05, 4.69) is 16.6 Å². The zero-order chi connectivity index (χ0) is 23.6. The van der Waals surface area contributed by atoms with E-state index in [-0.39, 0.29) is 24.3 Å². The Balaban J connectivity index is 3.60. The van der Waals surface area contributed by atoms with Crippen molar-refractivity contribution in [2.45, 2.75) is 46.6 Å². The highest BCUT2D eigenvalue weighted by Crippen LogP contribution is 2.13. The van der Waals surface area contributed by atoms with Gasteiger partial charge in [-0.3, -0.25) is 4.79 Å². The molecule has 0 bridgehead atoms. The van der Waals surface area contributed by atoms with Crippen molar-refractivity contribution in [3.63, 3.8) is 0 Å². The van der Waals surface area contributed by atoms with E-state index in [0.717, 1.165) is 0 Å². The van der Waals surface area contributed by atoms with Gasteiger partial charge in [-0.05, 0) is 26.2 Å². The molecule has 0 saturated heterocycles. The lowest BCUT2D eigenvalue weighted by atomic mass is 9.93. The van der Waals surface area contributed by atoms with Crippen LogP contribution in [0.4, 0.5) is 4.79 Å². The fourth-order valence-corrected chi connectivity index (χ4v) is 2.07. The fraction of sp³-hybridized carbons (Fsp3) is 0.818. The summed E-state index contributed by atoms with van der Waals surface area (Å²) in [6.45, 7) is 13.5. The molecule has 2 amide bonds. The topological polar surface area (TPSA) is 104 Å². The van der Waals surface area contributed by atoms with Crippen LogP contribution in [0.2, 0.25) is 0 Å². The van der Waals surface area contributed by atoms with Crippen molar-refractivity contribution in [3.05, 3.63) is 0 Å². The maximum Gasteiger partial charge on any atom is 0.407 e. The van der Waals surface area contributed by atoms with E-state index in [1.54, 1.807) is 0 Å². The summed E-state index contributed by atoms with van der Waals surface area (Å²) in [6, 6.07) is 0. The smallest absolute Gasteiger partial charge is 0.407 e. The predicted octanol–water partition coefficient (Wildman–Crippen LogP) is 1.74. The molecule has 0 aromatic carbocycles. The highest BCUT2D eigenvalue weighted by Gasteiger charge is 2.22. The van der Waals surface area contributed by atoms with Gasteiger partial charge in [0.2, 0.25) is 5.91 Å². The number of ether oxygens (including phenoxy) is 5. The second-order valence-corrected chi connectivity index (χ2v) is 8.64. The first-order valence-electron chi connectivity index (χ1n) is 10.5. The van der Waals surface area contributed by atoms with E-state index in [1.807, 2.05) is 34.6 Å². The average molecular weight is 445 g/mol. The van der Waals surface area contributed by atoms with Crippen LogP contribution >= 0.6 is 0 Å². The van der Waals surface area contributed by atoms with Gasteiger partial charge < -0.3 is 34.3 Å². The largest absolute Gasteiger partial charge is 0.444 e. The monoisotopic (exact) mass is 444 g/mol. The van der Waals surface area contributed by atoms with Crippen LogP contribution in [-0.2, 0) is 28.5 Å². The van der Waals surface area contributed by atoms with Crippen molar-refractivity contribution in [1.29, 1.82) is 0 Å². The Hall–Kier alpha value is -1.86. The first-order valence-corrected chi connectivity index (χ1v) is 10.5. The Kier molecular flexibility index (Phi) is 15.8. The summed E-state index contributed by atoms with van der Waals surface area (Å²) in [5, 5.41) is 5.58. The summed E-state index contributed by atoms with van der Waals surface area (Å²) in [5.41, 5.74) is -0.851. The summed E-state index contributed by atoms with van der Waals surface area (Å²) in [5.74, 6) is 2.27. The quantitative estimate of drug-likeness (QED) is 0.260. The maximum atomic E-state index is 11.9. The summed E-state index contributed by atoms with van der Waals surface area (Å²) < 4.78 is 26.3. The van der Waals surface area contributed by atoms with Gasteiger partial charge >= 0.3 is 6.09 Å². The van der Waals surface area contributed by atoms with Crippen LogP contribution in [0.1, 0.15) is 41.0 Å². The fourth-order valence-electron chi connectivity index (χ4n) is 2.07. The molecule has 0 aliphatic heterocycles. The van der Waals surface area contributed by atoms with Crippen LogP contribution in [0.5, 0.6) is 0 Å². The van der Waals surface area contributed by atoms with Gasteiger partial charge in [-0.25, -0.2) is 4.79 Å². The van der Waals surface area contributed by atoms with Gasteiger partial charge in [0.25, 0.3) is 0 Å². The summed E-state index contributed by atoms with van der Waals surface area (Å²) in [4.78, 5) is 23.7. The Morgan fingerprint density at radius 2 is 1.26 bits per heavy atom. The lowest BCUT2D eigenvalue weighted by Gasteiger charge is -2.26. The average Bonchev–Trinajstić information content (AvgIpc) is 2.67. The van der Waals surface area contributed by atoms with Gasteiger partial charge in [0.1, 0.15) is 12.2 Å². The Labute approximate surface area is 186 Å². The summed E-state index contributed by atoms with van der Waals surface area (Å²) >= 11 is 0. The molecule has 0 aliphatic carbocycles. The van der Waals surface area contributed by atoms with Gasteiger partial charge in [0.05, 0.1) is 46.2 Å². The molecule has 180 valence electrons. The van der Waals surface area contributed by atoms with Gasteiger partial charge in [-0.15, -0.1) is 6.42 Å². The van der Waals surface area contributed by atoms with Crippen LogP contribution in [0.15, 0.2) is 0 Å². The zero-order valence-electron chi connectivity index (χ0n) is 19.7. The molecule has 0 rings (SSSR count). The maximum absolute atomic E-state index is 11.9. The number of hydrogen-bond donors (Lipinski definition) is 2. The first-order chi connectivity index (χ1) is 14.6. The molecule has 9 nitrogen and oxygen atoms in total. The van der Waals surface area contributed by atoms with Crippen LogP contribution in [0, 0.1) is 17.8 Å². The number of amides is 2. The van der Waals surface area contributed by atoms with Crippen molar-refractivity contribution >= 4 is 12.0 Å². The van der Waals surface area contributed by atoms with Crippen LogP contribution in [0.25, 0.3) is 0 Å². The predicted molar refractivity (Wildman–Crippen MR) is 118 cm³/mol. The van der Waals surface area contributed by atoms with Crippen molar-refractivity contribution in [2.24, 2.45) is 5.41 Å². The number of carbonyl (C=O) groups excluding carboxylic acids is 2. The highest BCUT2D eigenvalue weighted by atomic mass is 16.6. The summed E-state index contributed by atoms with van der Waals surface area (Å²) in [7, 11) is 0. The minimum Gasteiger partial charge on any atom is -0.444 e. The Bertz CT molecular complexity index is 539. The van der Waals surface area contributed by atoms with Crippen LogP contribution in [0.3, 0.4) is 0 Å². The molecule has 9 heteroatoms. The highest BCUT2D eigenvalue weighted by molar-refractivity contribution is 5.76. The number of carbonyl (C=O) groups is 2. The van der Waals surface area contributed by atoms with Gasteiger partial charge in [0.15, 0.2) is 0 Å². The van der Waals surface area contributed by atoms with Gasteiger partial charge in [-0.1, -0.05) is 19.8 Å². The third-order valence-corrected chi connectivity index (χ3v) is 3.65. The molecule has 0 fully saturated rings. The lowest BCUT2D eigenvalue weighted by molar-refractivity contribution is -0.122. The van der Waals surface area contributed by atoms with E-state index in [9.17, 15) is 9.59 Å². The van der Waals surface area contributed by atoms with Crippen molar-refractivity contribution < 1.29 is 33.3 Å². The second-order valence-electron chi connectivity index (χ2n) is 8.64. The molecule has 0 aliphatic rings. The standard InChI is InChI=1S/C22H40N2O7/c1-7-9-27-11-13-29-15-16-30-14-12-28-10-8-19(25)23-17-22(5,6)18-24-20(26)31-21(2,3)4/h1H,8-18H2,2-6H3,(H,23,25)(H,24,26). The number of hydrogen-bond acceptors (Lipinski definition) is 7. The van der Waals surface area contributed by atoms with Crippen LogP contribution in [-0.4, -0.2) is 83.5 Å². The van der Waals surface area contributed by atoms with Gasteiger partial charge in [0, 0.05) is 19.5 Å². The normalized spacial score (nSPS) is 11.6. The minimum absolute atomic E-state index is 0.105. The molecule has 0 radical (unpaired) electrons. The molecule has 0 unspecified atom stereocenters. The van der Waals surface area contributed by atoms with E-state index < -0.39 is 11.7 Å². The van der Waals surface area contributed by atoms with Crippen molar-refractivity contribution in [1.82, 2.24) is 10.6 Å². The molecule has 0 atom stereocenters. The molecule has 0 saturated carbocycles. The van der Waals surface area contributed by atoms with E-state index in [1.165, 1.54) is 0 Å². The summed E-state index contributed by atoms with van der Waals surface area (Å²) in [6.07, 6.45) is 4.85. The second kappa shape index (κ2) is 16.8. The zero-order valence-corrected chi connectivity index (χ0v) is 19.7. The first kappa shape index (κ1) is 29.1. The third kappa shape index (κ3) is 21.2. The Morgan fingerprint density at radius 1 is 0.774 bits per heavy atom. The molecular formula is C22H40N2O7. The minimum atomic E-state index is -0.542.